The maximum atomic E-state index is 14.0. The predicted molar refractivity (Wildman–Crippen MR) is 344 cm³/mol. The third-order valence-corrected chi connectivity index (χ3v) is 16.1. The molecule has 0 fully saturated rings. The zero-order valence-corrected chi connectivity index (χ0v) is 52.3. The van der Waals surface area contributed by atoms with Crippen LogP contribution in [-0.2, 0) is 0 Å². The molecule has 0 atom stereocenters. The number of carbonyl (C=O) groups is 1. The van der Waals surface area contributed by atoms with E-state index in [4.69, 9.17) is 18.9 Å². The van der Waals surface area contributed by atoms with Crippen LogP contribution in [0, 0.1) is 0 Å². The second kappa shape index (κ2) is 53.2. The molecule has 0 spiro atoms. The molecule has 0 unspecified atom stereocenters. The molecule has 0 aromatic heterocycles. The van der Waals surface area contributed by atoms with Gasteiger partial charge in [-0.05, 0) is 67.8 Å². The number of nitrogens with zero attached hydrogens (tertiary/aromatic N) is 2. The summed E-state index contributed by atoms with van der Waals surface area (Å²) in [4.78, 5) is 14.0. The van der Waals surface area contributed by atoms with Gasteiger partial charge in [-0.15, -0.1) is 0 Å². The molecule has 7 nitrogen and oxygen atoms in total. The van der Waals surface area contributed by atoms with Crippen molar-refractivity contribution in [3.8, 4) is 23.0 Å². The summed E-state index contributed by atoms with van der Waals surface area (Å²) >= 11 is 0. The Kier molecular flexibility index (Phi) is 46.8. The Balaban J connectivity index is 1.56. The molecule has 0 aliphatic rings. The standard InChI is InChI=1S/C73H122N2O5/c1-4-7-10-13-16-19-22-25-28-31-34-37-40-43-46-52-61-77-70-64-66(73(76)80-69-59-57-68(58-60-69)75-74-67-55-50-49-51-56-67)65-71(78-62-53-47-44-41-38-35-32-29-26-23-20-17-14-11-8-5-2)72(70)79-63-54-48-45-42-39-36-33-30-27-24-21-18-15-12-9-6-3/h49-51,55-60,64-65H,4-48,52-54,61-63H2,1-3H3. The third-order valence-electron chi connectivity index (χ3n) is 16.1. The SMILES string of the molecule is CCCCCCCCCCCCCCCCCCOc1cc(C(=O)Oc2ccc(N=Nc3ccccc3)cc2)cc(OCCCCCCCCCCCCCCCCCC)c1OCCCCCCCCCCCCCCCCCC. The quantitative estimate of drug-likeness (QED) is 0.0244. The zero-order chi connectivity index (χ0) is 56.7. The maximum absolute atomic E-state index is 14.0. The first-order valence-corrected chi connectivity index (χ1v) is 34.5. The minimum Gasteiger partial charge on any atom is -0.490 e. The lowest BCUT2D eigenvalue weighted by molar-refractivity contribution is 0.0733. The summed E-state index contributed by atoms with van der Waals surface area (Å²) in [7, 11) is 0. The Morgan fingerprint density at radius 1 is 0.312 bits per heavy atom. The molecule has 0 amide bonds. The van der Waals surface area contributed by atoms with Crippen molar-refractivity contribution in [2.24, 2.45) is 10.2 Å². The van der Waals surface area contributed by atoms with Crippen LogP contribution >= 0.6 is 0 Å². The molecule has 3 aromatic rings. The van der Waals surface area contributed by atoms with Gasteiger partial charge in [-0.3, -0.25) is 0 Å². The van der Waals surface area contributed by atoms with Gasteiger partial charge in [0.05, 0.1) is 36.8 Å². The summed E-state index contributed by atoms with van der Waals surface area (Å²) in [6, 6.07) is 20.4. The van der Waals surface area contributed by atoms with Crippen LogP contribution in [0.25, 0.3) is 0 Å². The monoisotopic (exact) mass is 1110 g/mol. The smallest absolute Gasteiger partial charge is 0.343 e. The summed E-state index contributed by atoms with van der Waals surface area (Å²) in [6.07, 6.45) is 63.7. The van der Waals surface area contributed by atoms with Crippen molar-refractivity contribution in [3.05, 3.63) is 72.3 Å². The second-order valence-corrected chi connectivity index (χ2v) is 23.7. The van der Waals surface area contributed by atoms with Gasteiger partial charge in [0.15, 0.2) is 11.5 Å². The molecule has 3 rings (SSSR count). The number of benzene rings is 3. The van der Waals surface area contributed by atoms with Crippen molar-refractivity contribution in [1.29, 1.82) is 0 Å². The number of azo groups is 1. The Labute approximate surface area is 493 Å². The molecular weight excluding hydrogens is 985 g/mol. The molecule has 0 saturated heterocycles. The molecule has 454 valence electrons. The lowest BCUT2D eigenvalue weighted by Gasteiger charge is -2.19. The van der Waals surface area contributed by atoms with Gasteiger partial charge in [-0.25, -0.2) is 4.79 Å². The minimum atomic E-state index is -0.465. The fraction of sp³-hybridized carbons (Fsp3) is 0.740. The third kappa shape index (κ3) is 39.5. The van der Waals surface area contributed by atoms with Gasteiger partial charge in [0.1, 0.15) is 5.75 Å². The fourth-order valence-electron chi connectivity index (χ4n) is 10.9. The van der Waals surface area contributed by atoms with Crippen LogP contribution in [0.3, 0.4) is 0 Å². The van der Waals surface area contributed by atoms with Crippen LogP contribution in [0.15, 0.2) is 77.0 Å². The lowest BCUT2D eigenvalue weighted by Crippen LogP contribution is -2.12. The van der Waals surface area contributed by atoms with Crippen molar-refractivity contribution < 1.29 is 23.7 Å². The van der Waals surface area contributed by atoms with Gasteiger partial charge in [-0.1, -0.05) is 328 Å². The van der Waals surface area contributed by atoms with Crippen molar-refractivity contribution in [2.75, 3.05) is 19.8 Å². The first kappa shape index (κ1) is 70.4. The zero-order valence-electron chi connectivity index (χ0n) is 52.3. The Morgan fingerprint density at radius 2 is 0.575 bits per heavy atom. The molecule has 0 heterocycles. The molecule has 0 radical (unpaired) electrons. The van der Waals surface area contributed by atoms with E-state index in [1.165, 1.54) is 270 Å². The second-order valence-electron chi connectivity index (χ2n) is 23.7. The first-order valence-electron chi connectivity index (χ1n) is 34.5. The maximum Gasteiger partial charge on any atom is 0.343 e. The van der Waals surface area contributed by atoms with E-state index in [1.807, 2.05) is 54.6 Å². The van der Waals surface area contributed by atoms with Crippen LogP contribution < -0.4 is 18.9 Å². The van der Waals surface area contributed by atoms with Gasteiger partial charge in [0, 0.05) is 0 Å². The van der Waals surface area contributed by atoms with E-state index in [9.17, 15) is 4.79 Å². The summed E-state index contributed by atoms with van der Waals surface area (Å²) in [5.41, 5.74) is 1.84. The summed E-state index contributed by atoms with van der Waals surface area (Å²) in [6.45, 7) is 8.59. The normalized spacial score (nSPS) is 11.5. The van der Waals surface area contributed by atoms with Gasteiger partial charge >= 0.3 is 5.97 Å². The highest BCUT2D eigenvalue weighted by molar-refractivity contribution is 5.92. The Hall–Kier alpha value is -3.87. The van der Waals surface area contributed by atoms with Crippen molar-refractivity contribution in [1.82, 2.24) is 0 Å². The highest BCUT2D eigenvalue weighted by atomic mass is 16.5. The van der Waals surface area contributed by atoms with E-state index in [1.54, 1.807) is 12.1 Å². The van der Waals surface area contributed by atoms with E-state index in [0.717, 1.165) is 44.2 Å². The topological polar surface area (TPSA) is 78.7 Å². The average molecular weight is 1110 g/mol. The van der Waals surface area contributed by atoms with Crippen LogP contribution in [-0.4, -0.2) is 25.8 Å². The number of esters is 1. The molecule has 80 heavy (non-hydrogen) atoms. The van der Waals surface area contributed by atoms with Crippen molar-refractivity contribution in [3.63, 3.8) is 0 Å². The van der Waals surface area contributed by atoms with Crippen LogP contribution in [0.2, 0.25) is 0 Å². The number of unbranched alkanes of at least 4 members (excludes halogenated alkanes) is 45. The van der Waals surface area contributed by atoms with E-state index < -0.39 is 5.97 Å². The molecule has 0 aliphatic carbocycles. The van der Waals surface area contributed by atoms with E-state index in [0.29, 0.717) is 54.1 Å². The van der Waals surface area contributed by atoms with Crippen LogP contribution in [0.4, 0.5) is 11.4 Å². The number of ether oxygens (including phenoxy) is 4. The van der Waals surface area contributed by atoms with Gasteiger partial charge < -0.3 is 18.9 Å². The highest BCUT2D eigenvalue weighted by Crippen LogP contribution is 2.40. The van der Waals surface area contributed by atoms with Crippen LogP contribution in [0.5, 0.6) is 23.0 Å². The van der Waals surface area contributed by atoms with E-state index >= 15 is 0 Å². The lowest BCUT2D eigenvalue weighted by atomic mass is 10.0. The van der Waals surface area contributed by atoms with Crippen molar-refractivity contribution >= 4 is 17.3 Å². The van der Waals surface area contributed by atoms with E-state index in [2.05, 4.69) is 31.0 Å². The average Bonchev–Trinajstić information content (AvgIpc) is 3.49. The van der Waals surface area contributed by atoms with Crippen molar-refractivity contribution in [2.45, 2.75) is 329 Å². The summed E-state index contributed by atoms with van der Waals surface area (Å²) in [5.74, 6) is 1.71. The van der Waals surface area contributed by atoms with E-state index in [-0.39, 0.29) is 0 Å². The van der Waals surface area contributed by atoms with Gasteiger partial charge in [0.25, 0.3) is 0 Å². The molecular formula is C73H122N2O5. The number of rotatable bonds is 58. The Morgan fingerprint density at radius 3 is 0.875 bits per heavy atom. The fourth-order valence-corrected chi connectivity index (χ4v) is 10.9. The molecule has 3 aromatic carbocycles. The largest absolute Gasteiger partial charge is 0.490 e. The molecule has 0 bridgehead atoms. The predicted octanol–water partition coefficient (Wildman–Crippen LogP) is 25.2. The number of carbonyl (C=O) groups excluding carboxylic acids is 1. The highest BCUT2D eigenvalue weighted by Gasteiger charge is 2.21. The molecule has 7 heteroatoms. The Bertz CT molecular complexity index is 1790. The number of hydrogen-bond acceptors (Lipinski definition) is 7. The minimum absolute atomic E-state index is 0.386. The van der Waals surface area contributed by atoms with Crippen LogP contribution in [0.1, 0.15) is 339 Å². The summed E-state index contributed by atoms with van der Waals surface area (Å²) < 4.78 is 25.8. The first-order chi connectivity index (χ1) is 39.6. The molecule has 0 saturated carbocycles. The summed E-state index contributed by atoms with van der Waals surface area (Å²) in [5, 5.41) is 8.70. The van der Waals surface area contributed by atoms with Gasteiger partial charge in [0.2, 0.25) is 5.75 Å². The number of hydrogen-bond donors (Lipinski definition) is 0. The van der Waals surface area contributed by atoms with Gasteiger partial charge in [-0.2, -0.15) is 10.2 Å². The molecule has 0 N–H and O–H groups in total. The molecule has 0 aliphatic heterocycles.